The Morgan fingerprint density at radius 1 is 1.00 bits per heavy atom. The van der Waals surface area contributed by atoms with Crippen molar-refractivity contribution in [2.45, 2.75) is 26.9 Å². The molecule has 0 aliphatic carbocycles. The molecule has 5 rings (SSSR count). The van der Waals surface area contributed by atoms with Crippen LogP contribution < -0.4 is 4.90 Å². The van der Waals surface area contributed by atoms with Gasteiger partial charge in [-0.25, -0.2) is 14.4 Å². The molecule has 0 radical (unpaired) electrons. The molecule has 0 N–H and O–H groups in total. The molecular formula is C24H23FN6O. The van der Waals surface area contributed by atoms with Gasteiger partial charge in [-0.15, -0.1) is 0 Å². The molecular weight excluding hydrogens is 407 g/mol. The SMILES string of the molecule is Cc1ccc(-c2nc(N3CCO[C@H](c4cnnc(C)c4)C3)nc3nc(C)ccc23)c(F)c1. The van der Waals surface area contributed by atoms with Gasteiger partial charge in [0.2, 0.25) is 5.95 Å². The standard InChI is InChI=1S/C24H23FN6O/c1-14-4-6-18(20(25)10-14)22-19-7-5-15(2)27-23(19)29-24(28-22)31-8-9-32-21(13-31)17-11-16(3)30-26-12-17/h4-7,10-12,21H,8-9,13H2,1-3H3/t21-/m0/s1. The first-order valence-electron chi connectivity index (χ1n) is 10.6. The van der Waals surface area contributed by atoms with E-state index in [9.17, 15) is 4.39 Å². The van der Waals surface area contributed by atoms with Crippen molar-refractivity contribution >= 4 is 17.0 Å². The third-order valence-corrected chi connectivity index (χ3v) is 5.59. The second-order valence-corrected chi connectivity index (χ2v) is 8.12. The third kappa shape index (κ3) is 3.89. The van der Waals surface area contributed by atoms with E-state index in [-0.39, 0.29) is 11.9 Å². The van der Waals surface area contributed by atoms with Gasteiger partial charge in [0.15, 0.2) is 5.65 Å². The van der Waals surface area contributed by atoms with Gasteiger partial charge in [-0.05, 0) is 56.7 Å². The van der Waals surface area contributed by atoms with Crippen molar-refractivity contribution < 1.29 is 9.13 Å². The molecule has 0 amide bonds. The molecule has 1 fully saturated rings. The fourth-order valence-electron chi connectivity index (χ4n) is 3.95. The van der Waals surface area contributed by atoms with Gasteiger partial charge in [-0.1, -0.05) is 6.07 Å². The molecule has 162 valence electrons. The summed E-state index contributed by atoms with van der Waals surface area (Å²) in [6.07, 6.45) is 1.54. The van der Waals surface area contributed by atoms with Crippen molar-refractivity contribution in [3.8, 4) is 11.3 Å². The Morgan fingerprint density at radius 3 is 2.69 bits per heavy atom. The highest BCUT2D eigenvalue weighted by Crippen LogP contribution is 2.31. The lowest BCUT2D eigenvalue weighted by Crippen LogP contribution is -2.39. The van der Waals surface area contributed by atoms with E-state index in [1.165, 1.54) is 6.07 Å². The molecule has 4 heterocycles. The summed E-state index contributed by atoms with van der Waals surface area (Å²) < 4.78 is 20.9. The minimum Gasteiger partial charge on any atom is -0.370 e. The first-order valence-corrected chi connectivity index (χ1v) is 10.6. The van der Waals surface area contributed by atoms with Crippen molar-refractivity contribution in [1.29, 1.82) is 0 Å². The lowest BCUT2D eigenvalue weighted by molar-refractivity contribution is 0.0389. The van der Waals surface area contributed by atoms with Gasteiger partial charge in [0.1, 0.15) is 11.9 Å². The number of anilines is 1. The van der Waals surface area contributed by atoms with Crippen molar-refractivity contribution in [3.05, 3.63) is 70.9 Å². The first-order chi connectivity index (χ1) is 15.5. The number of nitrogens with zero attached hydrogens (tertiary/aromatic N) is 6. The highest BCUT2D eigenvalue weighted by atomic mass is 19.1. The van der Waals surface area contributed by atoms with E-state index in [1.54, 1.807) is 12.3 Å². The third-order valence-electron chi connectivity index (χ3n) is 5.59. The fourth-order valence-corrected chi connectivity index (χ4v) is 3.95. The van der Waals surface area contributed by atoms with E-state index >= 15 is 0 Å². The number of fused-ring (bicyclic) bond motifs is 1. The summed E-state index contributed by atoms with van der Waals surface area (Å²) in [5.41, 5.74) is 5.03. The zero-order chi connectivity index (χ0) is 22.2. The first kappa shape index (κ1) is 20.4. The molecule has 0 saturated carbocycles. The molecule has 3 aromatic heterocycles. The Bertz CT molecular complexity index is 1310. The molecule has 4 aromatic rings. The Hall–Kier alpha value is -3.52. The molecule has 8 heteroatoms. The smallest absolute Gasteiger partial charge is 0.228 e. The van der Waals surface area contributed by atoms with Crippen LogP contribution in [0.3, 0.4) is 0 Å². The molecule has 7 nitrogen and oxygen atoms in total. The molecule has 1 atom stereocenters. The summed E-state index contributed by atoms with van der Waals surface area (Å²) in [5.74, 6) is 0.201. The van der Waals surface area contributed by atoms with Gasteiger partial charge >= 0.3 is 0 Å². The van der Waals surface area contributed by atoms with Crippen LogP contribution in [0.5, 0.6) is 0 Å². The maximum atomic E-state index is 14.9. The molecule has 1 saturated heterocycles. The lowest BCUT2D eigenvalue weighted by atomic mass is 10.1. The van der Waals surface area contributed by atoms with Crippen LogP contribution in [0.15, 0.2) is 42.6 Å². The average Bonchev–Trinajstić information content (AvgIpc) is 2.78. The number of rotatable bonds is 3. The van der Waals surface area contributed by atoms with Gasteiger partial charge in [-0.2, -0.15) is 15.2 Å². The van der Waals surface area contributed by atoms with E-state index in [0.717, 1.165) is 27.9 Å². The Morgan fingerprint density at radius 2 is 1.88 bits per heavy atom. The minimum absolute atomic E-state index is 0.178. The topological polar surface area (TPSA) is 76.9 Å². The number of pyridine rings is 1. The van der Waals surface area contributed by atoms with Crippen molar-refractivity contribution in [2.24, 2.45) is 0 Å². The Balaban J connectivity index is 1.59. The van der Waals surface area contributed by atoms with Gasteiger partial charge in [0.05, 0.1) is 30.7 Å². The number of halogens is 1. The van der Waals surface area contributed by atoms with Gasteiger partial charge in [0.25, 0.3) is 0 Å². The zero-order valence-electron chi connectivity index (χ0n) is 18.2. The van der Waals surface area contributed by atoms with E-state index in [1.807, 2.05) is 45.0 Å². The van der Waals surface area contributed by atoms with Gasteiger partial charge < -0.3 is 9.64 Å². The van der Waals surface area contributed by atoms with E-state index in [4.69, 9.17) is 14.7 Å². The summed E-state index contributed by atoms with van der Waals surface area (Å²) in [6, 6.07) is 10.9. The number of ether oxygens (including phenoxy) is 1. The van der Waals surface area contributed by atoms with Crippen molar-refractivity contribution in [2.75, 3.05) is 24.6 Å². The Kier molecular flexibility index (Phi) is 5.22. The van der Waals surface area contributed by atoms with E-state index in [2.05, 4.69) is 20.1 Å². The number of hydrogen-bond acceptors (Lipinski definition) is 7. The summed E-state index contributed by atoms with van der Waals surface area (Å²) in [7, 11) is 0. The minimum atomic E-state index is -0.310. The fraction of sp³-hybridized carbons (Fsp3) is 0.292. The van der Waals surface area contributed by atoms with Crippen LogP contribution in [0.4, 0.5) is 10.3 Å². The summed E-state index contributed by atoms with van der Waals surface area (Å²) in [5, 5.41) is 8.80. The molecule has 0 bridgehead atoms. The van der Waals surface area contributed by atoms with Crippen LogP contribution in [-0.4, -0.2) is 44.8 Å². The number of benzene rings is 1. The van der Waals surface area contributed by atoms with Crippen LogP contribution in [0, 0.1) is 26.6 Å². The van der Waals surface area contributed by atoms with Crippen LogP contribution in [0.1, 0.15) is 28.6 Å². The maximum absolute atomic E-state index is 14.9. The van der Waals surface area contributed by atoms with E-state index in [0.29, 0.717) is 42.5 Å². The van der Waals surface area contributed by atoms with Crippen LogP contribution in [-0.2, 0) is 4.74 Å². The summed E-state index contributed by atoms with van der Waals surface area (Å²) >= 11 is 0. The van der Waals surface area contributed by atoms with Crippen LogP contribution in [0.2, 0.25) is 0 Å². The zero-order valence-corrected chi connectivity index (χ0v) is 18.2. The second kappa shape index (κ2) is 8.20. The molecule has 1 aliphatic rings. The normalized spacial score (nSPS) is 16.5. The van der Waals surface area contributed by atoms with Gasteiger partial charge in [0, 0.05) is 28.8 Å². The highest BCUT2D eigenvalue weighted by Gasteiger charge is 2.26. The van der Waals surface area contributed by atoms with Crippen molar-refractivity contribution in [3.63, 3.8) is 0 Å². The van der Waals surface area contributed by atoms with Gasteiger partial charge in [-0.3, -0.25) is 0 Å². The molecule has 0 unspecified atom stereocenters. The maximum Gasteiger partial charge on any atom is 0.228 e. The molecule has 1 aliphatic heterocycles. The Labute approximate surface area is 185 Å². The highest BCUT2D eigenvalue weighted by molar-refractivity contribution is 5.91. The molecule has 0 spiro atoms. The number of aromatic nitrogens is 5. The number of aryl methyl sites for hydroxylation is 3. The van der Waals surface area contributed by atoms with Crippen molar-refractivity contribution in [1.82, 2.24) is 25.1 Å². The molecule has 1 aromatic carbocycles. The summed E-state index contributed by atoms with van der Waals surface area (Å²) in [4.78, 5) is 16.2. The summed E-state index contributed by atoms with van der Waals surface area (Å²) in [6.45, 7) is 7.38. The molecule has 32 heavy (non-hydrogen) atoms. The lowest BCUT2D eigenvalue weighted by Gasteiger charge is -2.33. The predicted octanol–water partition coefficient (Wildman–Crippen LogP) is 4.12. The number of morpholine rings is 1. The van der Waals surface area contributed by atoms with Crippen LogP contribution in [0.25, 0.3) is 22.3 Å². The number of hydrogen-bond donors (Lipinski definition) is 0. The second-order valence-electron chi connectivity index (χ2n) is 8.12. The monoisotopic (exact) mass is 430 g/mol. The quantitative estimate of drug-likeness (QED) is 0.484. The van der Waals surface area contributed by atoms with Crippen LogP contribution >= 0.6 is 0 Å². The van der Waals surface area contributed by atoms with E-state index < -0.39 is 0 Å². The average molecular weight is 430 g/mol. The largest absolute Gasteiger partial charge is 0.370 e. The predicted molar refractivity (Wildman–Crippen MR) is 120 cm³/mol.